The smallest absolute Gasteiger partial charge is 0.241 e. The number of hydrogen-bond donors (Lipinski definition) is 1. The number of methoxy groups -OCH3 is 3. The molecule has 1 saturated heterocycles. The molecule has 30 heavy (non-hydrogen) atoms. The predicted octanol–water partition coefficient (Wildman–Crippen LogP) is 3.66. The van der Waals surface area contributed by atoms with Crippen molar-refractivity contribution in [1.82, 2.24) is 5.32 Å². The number of rotatable bonds is 5. The Hall–Kier alpha value is -3.15. The lowest BCUT2D eigenvalue weighted by molar-refractivity contribution is -0.118. The molecule has 0 unspecified atom stereocenters. The van der Waals surface area contributed by atoms with Gasteiger partial charge in [-0.1, -0.05) is 37.6 Å². The van der Waals surface area contributed by atoms with Gasteiger partial charge in [-0.05, 0) is 42.3 Å². The van der Waals surface area contributed by atoms with Crippen LogP contribution in [0.3, 0.4) is 0 Å². The van der Waals surface area contributed by atoms with Gasteiger partial charge in [-0.2, -0.15) is 0 Å². The van der Waals surface area contributed by atoms with Crippen molar-refractivity contribution in [3.63, 3.8) is 0 Å². The summed E-state index contributed by atoms with van der Waals surface area (Å²) in [5.74, 6) is 1.75. The number of amides is 1. The number of aryl methyl sites for hydroxylation is 1. The first-order valence-electron chi connectivity index (χ1n) is 9.96. The maximum absolute atomic E-state index is 12.5. The fourth-order valence-electron chi connectivity index (χ4n) is 4.70. The van der Waals surface area contributed by atoms with Gasteiger partial charge in [0, 0.05) is 11.1 Å². The lowest BCUT2D eigenvalue weighted by Crippen LogP contribution is -2.58. The van der Waals surface area contributed by atoms with Gasteiger partial charge < -0.3 is 24.4 Å². The molecule has 6 heteroatoms. The molecule has 0 aromatic heterocycles. The molecule has 1 fully saturated rings. The van der Waals surface area contributed by atoms with Crippen molar-refractivity contribution in [3.8, 4) is 17.2 Å². The molecule has 2 aliphatic rings. The molecule has 1 amide bonds. The highest BCUT2D eigenvalue weighted by atomic mass is 16.5. The first kappa shape index (κ1) is 20.1. The van der Waals surface area contributed by atoms with Crippen LogP contribution in [0.5, 0.6) is 17.2 Å². The SMILES string of the molecule is COc1cc(/C=C/[C@]23NC(=O)CN2c2ccc(C)cc2C3(C)C)cc(OC)c1OC. The summed E-state index contributed by atoms with van der Waals surface area (Å²) >= 11 is 0. The van der Waals surface area contributed by atoms with Crippen molar-refractivity contribution in [2.45, 2.75) is 31.8 Å². The molecule has 2 aliphatic heterocycles. The van der Waals surface area contributed by atoms with Gasteiger partial charge in [0.1, 0.15) is 5.66 Å². The van der Waals surface area contributed by atoms with E-state index in [0.29, 0.717) is 23.8 Å². The van der Waals surface area contributed by atoms with Crippen LogP contribution < -0.4 is 24.4 Å². The normalized spacial score (nSPS) is 21.4. The van der Waals surface area contributed by atoms with E-state index in [0.717, 1.165) is 11.3 Å². The average Bonchev–Trinajstić information content (AvgIpc) is 3.15. The summed E-state index contributed by atoms with van der Waals surface area (Å²) in [6.45, 7) is 6.78. The van der Waals surface area contributed by atoms with Crippen LogP contribution in [0.1, 0.15) is 30.5 Å². The Labute approximate surface area is 177 Å². The van der Waals surface area contributed by atoms with Crippen LogP contribution >= 0.6 is 0 Å². The van der Waals surface area contributed by atoms with Crippen molar-refractivity contribution in [3.05, 3.63) is 53.1 Å². The molecule has 2 aromatic rings. The zero-order valence-electron chi connectivity index (χ0n) is 18.3. The number of anilines is 1. The van der Waals surface area contributed by atoms with Crippen LogP contribution in [0.4, 0.5) is 5.69 Å². The molecule has 2 heterocycles. The molecule has 2 aromatic carbocycles. The Balaban J connectivity index is 1.82. The van der Waals surface area contributed by atoms with Crippen LogP contribution in [0, 0.1) is 6.92 Å². The number of nitrogens with one attached hydrogen (secondary N) is 1. The van der Waals surface area contributed by atoms with E-state index >= 15 is 0 Å². The Morgan fingerprint density at radius 2 is 1.70 bits per heavy atom. The van der Waals surface area contributed by atoms with Crippen molar-refractivity contribution < 1.29 is 19.0 Å². The molecular weight excluding hydrogens is 380 g/mol. The number of nitrogens with zero attached hydrogens (tertiary/aromatic N) is 1. The Morgan fingerprint density at radius 1 is 1.03 bits per heavy atom. The van der Waals surface area contributed by atoms with Gasteiger partial charge >= 0.3 is 0 Å². The van der Waals surface area contributed by atoms with Gasteiger partial charge in [0.2, 0.25) is 11.7 Å². The quantitative estimate of drug-likeness (QED) is 0.818. The van der Waals surface area contributed by atoms with Crippen molar-refractivity contribution in [2.75, 3.05) is 32.8 Å². The molecule has 1 atom stereocenters. The highest BCUT2D eigenvalue weighted by Crippen LogP contribution is 2.53. The van der Waals surface area contributed by atoms with Gasteiger partial charge in [-0.15, -0.1) is 0 Å². The van der Waals surface area contributed by atoms with Crippen molar-refractivity contribution in [2.24, 2.45) is 0 Å². The van der Waals surface area contributed by atoms with Gasteiger partial charge in [0.05, 0.1) is 27.9 Å². The Kier molecular flexibility index (Phi) is 4.68. The molecule has 6 nitrogen and oxygen atoms in total. The lowest BCUT2D eigenvalue weighted by atomic mass is 9.75. The zero-order chi connectivity index (χ0) is 21.7. The van der Waals surface area contributed by atoms with Crippen LogP contribution in [-0.2, 0) is 10.2 Å². The maximum atomic E-state index is 12.5. The van der Waals surface area contributed by atoms with Crippen LogP contribution in [-0.4, -0.2) is 39.4 Å². The molecule has 1 N–H and O–H groups in total. The second-order valence-corrected chi connectivity index (χ2v) is 8.34. The number of benzene rings is 2. The average molecular weight is 408 g/mol. The van der Waals surface area contributed by atoms with Crippen LogP contribution in [0.2, 0.25) is 0 Å². The summed E-state index contributed by atoms with van der Waals surface area (Å²) in [4.78, 5) is 14.6. The molecule has 0 radical (unpaired) electrons. The van der Waals surface area contributed by atoms with E-state index in [4.69, 9.17) is 14.2 Å². The van der Waals surface area contributed by atoms with Gasteiger partial charge in [0.15, 0.2) is 11.5 Å². The third-order valence-electron chi connectivity index (χ3n) is 6.33. The lowest BCUT2D eigenvalue weighted by Gasteiger charge is -2.40. The van der Waals surface area contributed by atoms with E-state index in [-0.39, 0.29) is 11.3 Å². The third-order valence-corrected chi connectivity index (χ3v) is 6.33. The van der Waals surface area contributed by atoms with E-state index in [1.54, 1.807) is 21.3 Å². The molecular formula is C24H28N2O4. The van der Waals surface area contributed by atoms with Crippen molar-refractivity contribution >= 4 is 17.7 Å². The highest BCUT2D eigenvalue weighted by Gasteiger charge is 2.59. The summed E-state index contributed by atoms with van der Waals surface area (Å²) in [5, 5.41) is 3.25. The fourth-order valence-corrected chi connectivity index (χ4v) is 4.70. The van der Waals surface area contributed by atoms with E-state index in [9.17, 15) is 4.79 Å². The first-order valence-corrected chi connectivity index (χ1v) is 9.96. The number of ether oxygens (including phenoxy) is 3. The van der Waals surface area contributed by atoms with Gasteiger partial charge in [0.25, 0.3) is 0 Å². The molecule has 4 rings (SSSR count). The standard InChI is InChI=1S/C24H28N2O4/c1-15-7-8-18-17(11-15)23(2,3)24(25-21(27)14-26(18)24)10-9-16-12-19(28-4)22(30-6)20(13-16)29-5/h7-13H,14H2,1-6H3,(H,25,27)/b10-9+/t24-/m0/s1. The predicted molar refractivity (Wildman–Crippen MR) is 118 cm³/mol. The number of carbonyl (C=O) groups excluding carboxylic acids is 1. The van der Waals surface area contributed by atoms with Gasteiger partial charge in [-0.25, -0.2) is 0 Å². The maximum Gasteiger partial charge on any atom is 0.241 e. The Bertz CT molecular complexity index is 1020. The van der Waals surface area contributed by atoms with Crippen molar-refractivity contribution in [1.29, 1.82) is 0 Å². The highest BCUT2D eigenvalue weighted by molar-refractivity contribution is 5.91. The minimum Gasteiger partial charge on any atom is -0.493 e. The topological polar surface area (TPSA) is 60.0 Å². The largest absolute Gasteiger partial charge is 0.493 e. The minimum atomic E-state index is -0.652. The first-order chi connectivity index (χ1) is 14.3. The number of hydrogen-bond acceptors (Lipinski definition) is 5. The molecule has 0 aliphatic carbocycles. The summed E-state index contributed by atoms with van der Waals surface area (Å²) in [7, 11) is 4.78. The monoisotopic (exact) mass is 408 g/mol. The number of carbonyl (C=O) groups is 1. The summed E-state index contributed by atoms with van der Waals surface area (Å²) in [5.41, 5.74) is 3.45. The zero-order valence-corrected chi connectivity index (χ0v) is 18.3. The summed E-state index contributed by atoms with van der Waals surface area (Å²) < 4.78 is 16.4. The number of fused-ring (bicyclic) bond motifs is 3. The second kappa shape index (κ2) is 6.97. The van der Waals surface area contributed by atoms with E-state index in [2.05, 4.69) is 55.3 Å². The molecule has 0 bridgehead atoms. The van der Waals surface area contributed by atoms with E-state index in [1.807, 2.05) is 18.2 Å². The van der Waals surface area contributed by atoms with Gasteiger partial charge in [-0.3, -0.25) is 4.79 Å². The second-order valence-electron chi connectivity index (χ2n) is 8.34. The summed E-state index contributed by atoms with van der Waals surface area (Å²) in [6, 6.07) is 10.2. The molecule has 0 spiro atoms. The fraction of sp³-hybridized carbons (Fsp3) is 0.375. The van der Waals surface area contributed by atoms with Crippen LogP contribution in [0.25, 0.3) is 6.08 Å². The molecule has 0 saturated carbocycles. The van der Waals surface area contributed by atoms with E-state index < -0.39 is 5.66 Å². The Morgan fingerprint density at radius 3 is 2.30 bits per heavy atom. The van der Waals surface area contributed by atoms with Crippen LogP contribution in [0.15, 0.2) is 36.4 Å². The third kappa shape index (κ3) is 2.74. The summed E-state index contributed by atoms with van der Waals surface area (Å²) in [6.07, 6.45) is 4.08. The minimum absolute atomic E-state index is 0.0174. The van der Waals surface area contributed by atoms with E-state index in [1.165, 1.54) is 11.1 Å². The molecule has 158 valence electrons.